The zero-order chi connectivity index (χ0) is 13.7. The molecule has 0 aliphatic rings. The molecule has 1 heterocycles. The number of carbonyl (C=O) groups is 1. The van der Waals surface area contributed by atoms with Gasteiger partial charge in [-0.05, 0) is 24.6 Å². The number of benzene rings is 1. The van der Waals surface area contributed by atoms with Crippen LogP contribution < -0.4 is 9.67 Å². The van der Waals surface area contributed by atoms with Crippen molar-refractivity contribution in [2.75, 3.05) is 0 Å². The van der Waals surface area contributed by atoms with Crippen molar-refractivity contribution in [3.63, 3.8) is 0 Å². The molecule has 2 rings (SSSR count). The third-order valence-corrected chi connectivity index (χ3v) is 2.75. The first-order valence-corrected chi connectivity index (χ1v) is 6.03. The summed E-state index contributed by atoms with van der Waals surface area (Å²) in [7, 11) is 0. The molecule has 0 saturated carbocycles. The quantitative estimate of drug-likeness (QED) is 0.606. The second kappa shape index (κ2) is 5.91. The molecule has 0 aliphatic heterocycles. The summed E-state index contributed by atoms with van der Waals surface area (Å²) in [5.74, 6) is -1.18. The van der Waals surface area contributed by atoms with Gasteiger partial charge in [-0.1, -0.05) is 12.1 Å². The number of hydrogen-bond donors (Lipinski definition) is 0. The highest BCUT2D eigenvalue weighted by atomic mass is 16.4. The summed E-state index contributed by atoms with van der Waals surface area (Å²) in [6.45, 7) is 3.01. The summed E-state index contributed by atoms with van der Waals surface area (Å²) >= 11 is 0. The number of carboxylic acids is 1. The minimum Gasteiger partial charge on any atom is -0.545 e. The predicted octanol–water partition coefficient (Wildman–Crippen LogP) is 1.11. The van der Waals surface area contributed by atoms with E-state index in [1.54, 1.807) is 18.3 Å². The fourth-order valence-electron chi connectivity index (χ4n) is 1.60. The van der Waals surface area contributed by atoms with Crippen molar-refractivity contribution in [2.24, 2.45) is 4.99 Å². The van der Waals surface area contributed by atoms with Crippen molar-refractivity contribution in [1.82, 2.24) is 0 Å². The highest BCUT2D eigenvalue weighted by Gasteiger charge is 1.96. The standard InChI is InChI=1S/C15H14N2O2/c1-2-17-9-7-12(8-10-17)11-16-14-5-3-13(4-6-14)15(18)19/h3-11H,2H2,1H3. The molecule has 0 spiro atoms. The van der Waals surface area contributed by atoms with Crippen LogP contribution in [0.5, 0.6) is 0 Å². The van der Waals surface area contributed by atoms with Gasteiger partial charge in [0.2, 0.25) is 0 Å². The SMILES string of the molecule is CC[n+]1ccc(C=Nc2ccc(C(=O)[O-])cc2)cc1. The molecular formula is C15H14N2O2. The molecule has 0 radical (unpaired) electrons. The van der Waals surface area contributed by atoms with Gasteiger partial charge in [0.05, 0.1) is 11.7 Å². The van der Waals surface area contributed by atoms with E-state index in [-0.39, 0.29) is 5.56 Å². The van der Waals surface area contributed by atoms with Crippen LogP contribution in [0, 0.1) is 0 Å². The van der Waals surface area contributed by atoms with E-state index >= 15 is 0 Å². The van der Waals surface area contributed by atoms with Gasteiger partial charge in [-0.25, -0.2) is 4.57 Å². The molecule has 1 aromatic carbocycles. The van der Waals surface area contributed by atoms with Crippen LogP contribution in [0.15, 0.2) is 53.8 Å². The van der Waals surface area contributed by atoms with Crippen LogP contribution in [-0.2, 0) is 6.54 Å². The lowest BCUT2D eigenvalue weighted by molar-refractivity contribution is -0.693. The molecule has 1 aromatic heterocycles. The van der Waals surface area contributed by atoms with E-state index in [0.717, 1.165) is 12.1 Å². The maximum absolute atomic E-state index is 10.6. The highest BCUT2D eigenvalue weighted by Crippen LogP contribution is 2.12. The Kier molecular flexibility index (Phi) is 4.03. The number of aryl methyl sites for hydroxylation is 1. The summed E-state index contributed by atoms with van der Waals surface area (Å²) in [6, 6.07) is 10.2. The van der Waals surface area contributed by atoms with Crippen LogP contribution >= 0.6 is 0 Å². The van der Waals surface area contributed by atoms with Crippen LogP contribution in [-0.4, -0.2) is 12.2 Å². The van der Waals surface area contributed by atoms with Gasteiger partial charge >= 0.3 is 0 Å². The second-order valence-electron chi connectivity index (χ2n) is 4.05. The van der Waals surface area contributed by atoms with Gasteiger partial charge < -0.3 is 9.90 Å². The van der Waals surface area contributed by atoms with Gasteiger partial charge in [0.1, 0.15) is 6.54 Å². The fourth-order valence-corrected chi connectivity index (χ4v) is 1.60. The summed E-state index contributed by atoms with van der Waals surface area (Å²) < 4.78 is 2.06. The Morgan fingerprint density at radius 2 is 1.84 bits per heavy atom. The van der Waals surface area contributed by atoms with Gasteiger partial charge in [-0.15, -0.1) is 0 Å². The molecule has 19 heavy (non-hydrogen) atoms. The van der Waals surface area contributed by atoms with Crippen molar-refractivity contribution in [3.8, 4) is 0 Å². The maximum Gasteiger partial charge on any atom is 0.169 e. The molecule has 0 bridgehead atoms. The smallest absolute Gasteiger partial charge is 0.169 e. The van der Waals surface area contributed by atoms with Crippen LogP contribution in [0.25, 0.3) is 0 Å². The molecule has 0 amide bonds. The molecule has 4 heteroatoms. The van der Waals surface area contributed by atoms with Gasteiger partial charge in [0.15, 0.2) is 12.4 Å². The number of aliphatic imine (C=N–C) groups is 1. The fraction of sp³-hybridized carbons (Fsp3) is 0.133. The number of aromatic carboxylic acids is 1. The molecule has 0 fully saturated rings. The Labute approximate surface area is 111 Å². The molecule has 4 nitrogen and oxygen atoms in total. The molecule has 96 valence electrons. The summed E-state index contributed by atoms with van der Waals surface area (Å²) in [5.41, 5.74) is 1.86. The Balaban J connectivity index is 2.10. The van der Waals surface area contributed by atoms with Crippen LogP contribution in [0.4, 0.5) is 5.69 Å². The van der Waals surface area contributed by atoms with Crippen LogP contribution in [0.1, 0.15) is 22.8 Å². The average Bonchev–Trinajstić information content (AvgIpc) is 2.46. The molecule has 0 aliphatic carbocycles. The number of hydrogen-bond acceptors (Lipinski definition) is 3. The molecule has 2 aromatic rings. The monoisotopic (exact) mass is 254 g/mol. The van der Waals surface area contributed by atoms with E-state index in [4.69, 9.17) is 0 Å². The van der Waals surface area contributed by atoms with Gasteiger partial charge in [0, 0.05) is 23.9 Å². The number of aromatic nitrogens is 1. The van der Waals surface area contributed by atoms with E-state index < -0.39 is 5.97 Å². The first-order valence-electron chi connectivity index (χ1n) is 6.03. The summed E-state index contributed by atoms with van der Waals surface area (Å²) in [6.07, 6.45) is 5.72. The number of carboxylic acid groups (broad SMARTS) is 1. The van der Waals surface area contributed by atoms with Crippen molar-refractivity contribution in [1.29, 1.82) is 0 Å². The minimum atomic E-state index is -1.18. The van der Waals surface area contributed by atoms with E-state index in [0.29, 0.717) is 5.69 Å². The topological polar surface area (TPSA) is 56.4 Å². The largest absolute Gasteiger partial charge is 0.545 e. The summed E-state index contributed by atoms with van der Waals surface area (Å²) in [5, 5.41) is 10.6. The Morgan fingerprint density at radius 3 is 2.37 bits per heavy atom. The first kappa shape index (κ1) is 13.0. The van der Waals surface area contributed by atoms with Crippen molar-refractivity contribution in [2.45, 2.75) is 13.5 Å². The Morgan fingerprint density at radius 1 is 1.21 bits per heavy atom. The predicted molar refractivity (Wildman–Crippen MR) is 70.3 cm³/mol. The van der Waals surface area contributed by atoms with Crippen LogP contribution in [0.3, 0.4) is 0 Å². The third kappa shape index (κ3) is 3.48. The molecule has 0 unspecified atom stereocenters. The number of rotatable bonds is 4. The summed E-state index contributed by atoms with van der Waals surface area (Å²) in [4.78, 5) is 14.9. The van der Waals surface area contributed by atoms with E-state index in [1.807, 2.05) is 24.5 Å². The van der Waals surface area contributed by atoms with Crippen molar-refractivity contribution < 1.29 is 14.5 Å². The van der Waals surface area contributed by atoms with Gasteiger partial charge in [0.25, 0.3) is 0 Å². The number of nitrogens with zero attached hydrogens (tertiary/aromatic N) is 2. The lowest BCUT2D eigenvalue weighted by Crippen LogP contribution is -2.30. The van der Waals surface area contributed by atoms with E-state index in [2.05, 4.69) is 16.5 Å². The van der Waals surface area contributed by atoms with Crippen LogP contribution in [0.2, 0.25) is 0 Å². The lowest BCUT2D eigenvalue weighted by Gasteiger charge is -2.01. The maximum atomic E-state index is 10.6. The molecule has 0 atom stereocenters. The second-order valence-corrected chi connectivity index (χ2v) is 4.05. The van der Waals surface area contributed by atoms with E-state index in [1.165, 1.54) is 12.1 Å². The number of carbonyl (C=O) groups excluding carboxylic acids is 1. The molecule has 0 N–H and O–H groups in total. The molecular weight excluding hydrogens is 240 g/mol. The normalized spacial score (nSPS) is 10.8. The van der Waals surface area contributed by atoms with Gasteiger partial charge in [-0.2, -0.15) is 0 Å². The number of pyridine rings is 1. The first-order chi connectivity index (χ1) is 9.19. The highest BCUT2D eigenvalue weighted by molar-refractivity contribution is 5.86. The van der Waals surface area contributed by atoms with Gasteiger partial charge in [-0.3, -0.25) is 4.99 Å². The third-order valence-electron chi connectivity index (χ3n) is 2.75. The van der Waals surface area contributed by atoms with Crippen molar-refractivity contribution >= 4 is 17.9 Å². The molecule has 0 saturated heterocycles. The minimum absolute atomic E-state index is 0.155. The Hall–Kier alpha value is -2.49. The lowest BCUT2D eigenvalue weighted by atomic mass is 10.2. The van der Waals surface area contributed by atoms with E-state index in [9.17, 15) is 9.90 Å². The van der Waals surface area contributed by atoms with Crippen molar-refractivity contribution in [3.05, 3.63) is 59.9 Å². The average molecular weight is 254 g/mol. The zero-order valence-electron chi connectivity index (χ0n) is 10.6. The Bertz CT molecular complexity index is 587. The zero-order valence-corrected chi connectivity index (χ0v) is 10.6.